The number of ether oxygens (including phenoxy) is 1. The molecular formula is C28H21NO3. The Kier molecular flexibility index (Phi) is 5.13. The molecule has 1 aliphatic rings. The standard InChI is InChI=1S/C28H21NO3/c1-32-28(31)19-12-14-21(15-13-19)29-27-24-9-3-2-8-23(24)26-22(10-5-11-25(26)27)20-7-4-6-18(16-20)17-30/h2-16,30H,17H2,1H3. The molecule has 0 aliphatic heterocycles. The van der Waals surface area contributed by atoms with Gasteiger partial charge in [0.2, 0.25) is 0 Å². The zero-order chi connectivity index (χ0) is 22.1. The number of esters is 1. The first-order valence-electron chi connectivity index (χ1n) is 10.4. The number of aliphatic imine (C=N–C) groups is 1. The van der Waals surface area contributed by atoms with Crippen LogP contribution in [0.25, 0.3) is 22.3 Å². The molecular weight excluding hydrogens is 398 g/mol. The van der Waals surface area contributed by atoms with Crippen molar-refractivity contribution in [2.75, 3.05) is 7.11 Å². The van der Waals surface area contributed by atoms with Gasteiger partial charge in [0.15, 0.2) is 0 Å². The van der Waals surface area contributed by atoms with Gasteiger partial charge in [0, 0.05) is 11.1 Å². The minimum atomic E-state index is -0.365. The highest BCUT2D eigenvalue weighted by Gasteiger charge is 2.27. The molecule has 0 unspecified atom stereocenters. The van der Waals surface area contributed by atoms with Crippen LogP contribution < -0.4 is 0 Å². The molecule has 0 radical (unpaired) electrons. The number of rotatable bonds is 4. The van der Waals surface area contributed by atoms with E-state index in [-0.39, 0.29) is 12.6 Å². The third-order valence-electron chi connectivity index (χ3n) is 5.72. The maximum absolute atomic E-state index is 11.7. The van der Waals surface area contributed by atoms with Gasteiger partial charge < -0.3 is 9.84 Å². The fourth-order valence-electron chi connectivity index (χ4n) is 4.21. The smallest absolute Gasteiger partial charge is 0.337 e. The molecule has 156 valence electrons. The summed E-state index contributed by atoms with van der Waals surface area (Å²) in [7, 11) is 1.37. The maximum atomic E-state index is 11.7. The van der Waals surface area contributed by atoms with E-state index in [2.05, 4.69) is 30.3 Å². The summed E-state index contributed by atoms with van der Waals surface area (Å²) in [6, 6.07) is 29.6. The summed E-state index contributed by atoms with van der Waals surface area (Å²) in [4.78, 5) is 16.7. The van der Waals surface area contributed by atoms with E-state index in [4.69, 9.17) is 9.73 Å². The molecule has 0 saturated carbocycles. The van der Waals surface area contributed by atoms with Crippen molar-refractivity contribution < 1.29 is 14.6 Å². The zero-order valence-corrected chi connectivity index (χ0v) is 17.6. The third-order valence-corrected chi connectivity index (χ3v) is 5.72. The molecule has 32 heavy (non-hydrogen) atoms. The number of aliphatic hydroxyl groups excluding tert-OH is 1. The fraction of sp³-hybridized carbons (Fsp3) is 0.0714. The summed E-state index contributed by atoms with van der Waals surface area (Å²) < 4.78 is 4.78. The maximum Gasteiger partial charge on any atom is 0.337 e. The average Bonchev–Trinajstić information content (AvgIpc) is 3.18. The van der Waals surface area contributed by atoms with Crippen molar-refractivity contribution in [3.05, 3.63) is 113 Å². The van der Waals surface area contributed by atoms with Crippen LogP contribution in [-0.4, -0.2) is 23.9 Å². The third kappa shape index (κ3) is 3.41. The average molecular weight is 419 g/mol. The van der Waals surface area contributed by atoms with Gasteiger partial charge in [0.1, 0.15) is 0 Å². The normalized spacial score (nSPS) is 13.0. The molecule has 1 aliphatic carbocycles. The summed E-state index contributed by atoms with van der Waals surface area (Å²) >= 11 is 0. The van der Waals surface area contributed by atoms with Gasteiger partial charge in [0.25, 0.3) is 0 Å². The second-order valence-electron chi connectivity index (χ2n) is 7.63. The second-order valence-corrected chi connectivity index (χ2v) is 7.63. The Morgan fingerprint density at radius 2 is 1.50 bits per heavy atom. The fourth-order valence-corrected chi connectivity index (χ4v) is 4.21. The number of benzene rings is 4. The molecule has 0 aromatic heterocycles. The summed E-state index contributed by atoms with van der Waals surface area (Å²) in [6.07, 6.45) is 0. The van der Waals surface area contributed by atoms with E-state index < -0.39 is 0 Å². The van der Waals surface area contributed by atoms with Gasteiger partial charge in [-0.2, -0.15) is 0 Å². The van der Waals surface area contributed by atoms with E-state index in [1.54, 1.807) is 12.1 Å². The molecule has 0 bridgehead atoms. The van der Waals surface area contributed by atoms with Gasteiger partial charge in [-0.1, -0.05) is 60.7 Å². The van der Waals surface area contributed by atoms with Crippen LogP contribution in [0.15, 0.2) is 96.0 Å². The Labute approximate surface area is 186 Å². The Balaban J connectivity index is 1.67. The van der Waals surface area contributed by atoms with Crippen molar-refractivity contribution in [2.24, 2.45) is 4.99 Å². The molecule has 0 fully saturated rings. The van der Waals surface area contributed by atoms with Gasteiger partial charge in [-0.25, -0.2) is 9.79 Å². The van der Waals surface area contributed by atoms with Gasteiger partial charge in [-0.3, -0.25) is 0 Å². The van der Waals surface area contributed by atoms with Crippen molar-refractivity contribution in [2.45, 2.75) is 6.61 Å². The van der Waals surface area contributed by atoms with Gasteiger partial charge in [0.05, 0.1) is 30.7 Å². The zero-order valence-electron chi connectivity index (χ0n) is 17.6. The lowest BCUT2D eigenvalue weighted by molar-refractivity contribution is 0.0601. The number of hydrogen-bond donors (Lipinski definition) is 1. The van der Waals surface area contributed by atoms with Crippen molar-refractivity contribution in [3.63, 3.8) is 0 Å². The summed E-state index contributed by atoms with van der Waals surface area (Å²) in [6.45, 7) is 0.00767. The number of methoxy groups -OCH3 is 1. The Morgan fingerprint density at radius 3 is 2.25 bits per heavy atom. The van der Waals surface area contributed by atoms with Crippen molar-refractivity contribution in [1.29, 1.82) is 0 Å². The van der Waals surface area contributed by atoms with Crippen LogP contribution in [0, 0.1) is 0 Å². The molecule has 4 aromatic carbocycles. The Hall–Kier alpha value is -4.02. The molecule has 4 aromatic rings. The molecule has 0 spiro atoms. The lowest BCUT2D eigenvalue weighted by Crippen LogP contribution is -2.00. The molecule has 4 nitrogen and oxygen atoms in total. The number of fused-ring (bicyclic) bond motifs is 3. The monoisotopic (exact) mass is 419 g/mol. The first-order chi connectivity index (χ1) is 15.7. The molecule has 0 amide bonds. The van der Waals surface area contributed by atoms with Gasteiger partial charge in [-0.05, 0) is 58.1 Å². The van der Waals surface area contributed by atoms with E-state index in [0.29, 0.717) is 5.56 Å². The lowest BCUT2D eigenvalue weighted by Gasteiger charge is -2.11. The molecule has 4 heteroatoms. The highest BCUT2D eigenvalue weighted by Crippen LogP contribution is 2.43. The Morgan fingerprint density at radius 1 is 0.812 bits per heavy atom. The van der Waals surface area contributed by atoms with Crippen LogP contribution >= 0.6 is 0 Å². The number of hydrogen-bond acceptors (Lipinski definition) is 4. The number of carbonyl (C=O) groups excluding carboxylic acids is 1. The van der Waals surface area contributed by atoms with Crippen LogP contribution in [0.3, 0.4) is 0 Å². The van der Waals surface area contributed by atoms with Crippen molar-refractivity contribution >= 4 is 17.4 Å². The van der Waals surface area contributed by atoms with Crippen LogP contribution in [0.1, 0.15) is 27.0 Å². The second kappa shape index (κ2) is 8.25. The first kappa shape index (κ1) is 19.9. The highest BCUT2D eigenvalue weighted by molar-refractivity contribution is 6.26. The number of carbonyl (C=O) groups is 1. The van der Waals surface area contributed by atoms with Crippen LogP contribution in [0.4, 0.5) is 5.69 Å². The molecule has 0 saturated heterocycles. The molecule has 0 atom stereocenters. The summed E-state index contributed by atoms with van der Waals surface area (Å²) in [5.74, 6) is -0.365. The van der Waals surface area contributed by atoms with E-state index in [9.17, 15) is 9.90 Å². The number of aliphatic hydroxyl groups is 1. The minimum Gasteiger partial charge on any atom is -0.465 e. The summed E-state index contributed by atoms with van der Waals surface area (Å²) in [5, 5.41) is 9.59. The number of nitrogens with zero attached hydrogens (tertiary/aromatic N) is 1. The van der Waals surface area contributed by atoms with E-state index >= 15 is 0 Å². The molecule has 1 N–H and O–H groups in total. The van der Waals surface area contributed by atoms with E-state index in [1.165, 1.54) is 7.11 Å². The SMILES string of the molecule is COC(=O)c1ccc(N=C2c3ccccc3-c3c2cccc3-c2cccc(CO)c2)cc1. The topological polar surface area (TPSA) is 58.9 Å². The van der Waals surface area contributed by atoms with Gasteiger partial charge >= 0.3 is 5.97 Å². The van der Waals surface area contributed by atoms with Crippen molar-refractivity contribution in [3.8, 4) is 22.3 Å². The highest BCUT2D eigenvalue weighted by atomic mass is 16.5. The van der Waals surface area contributed by atoms with E-state index in [1.807, 2.05) is 48.5 Å². The van der Waals surface area contributed by atoms with Crippen LogP contribution in [-0.2, 0) is 11.3 Å². The Bertz CT molecular complexity index is 1350. The van der Waals surface area contributed by atoms with Crippen molar-refractivity contribution in [1.82, 2.24) is 0 Å². The predicted octanol–water partition coefficient (Wildman–Crippen LogP) is 5.78. The predicted molar refractivity (Wildman–Crippen MR) is 126 cm³/mol. The summed E-state index contributed by atoms with van der Waals surface area (Å²) in [5.41, 5.74) is 9.63. The molecule has 5 rings (SSSR count). The lowest BCUT2D eigenvalue weighted by atomic mass is 9.93. The van der Waals surface area contributed by atoms with Crippen LogP contribution in [0.5, 0.6) is 0 Å². The first-order valence-corrected chi connectivity index (χ1v) is 10.4. The minimum absolute atomic E-state index is 0.00767. The van der Waals surface area contributed by atoms with E-state index in [0.717, 1.165) is 50.3 Å². The van der Waals surface area contributed by atoms with Gasteiger partial charge in [-0.15, -0.1) is 0 Å². The van der Waals surface area contributed by atoms with Crippen LogP contribution in [0.2, 0.25) is 0 Å². The molecule has 0 heterocycles. The largest absolute Gasteiger partial charge is 0.465 e. The quantitative estimate of drug-likeness (QED) is 0.376.